The predicted octanol–water partition coefficient (Wildman–Crippen LogP) is 5.02. The number of anilines is 1. The number of nitrogens with one attached hydrogen (secondary N) is 1. The van der Waals surface area contributed by atoms with E-state index in [1.165, 1.54) is 12.1 Å². The number of hydrogen-bond donors (Lipinski definition) is 1. The maximum absolute atomic E-state index is 12.7. The topological polar surface area (TPSA) is 42.0 Å². The van der Waals surface area contributed by atoms with Gasteiger partial charge in [-0.25, -0.2) is 0 Å². The molecule has 0 bridgehead atoms. The minimum Gasteiger partial charge on any atom is -0.322 e. The number of aromatic nitrogens is 1. The van der Waals surface area contributed by atoms with Crippen molar-refractivity contribution in [2.75, 3.05) is 5.32 Å². The fourth-order valence-corrected chi connectivity index (χ4v) is 2.41. The number of pyridine rings is 1. The summed E-state index contributed by atoms with van der Waals surface area (Å²) in [6, 6.07) is 14.8. The number of carbonyl (C=O) groups is 1. The smallest absolute Gasteiger partial charge is 0.322 e. The molecule has 0 saturated heterocycles. The lowest BCUT2D eigenvalue weighted by Crippen LogP contribution is -2.13. The summed E-state index contributed by atoms with van der Waals surface area (Å²) >= 11 is 0. The van der Waals surface area contributed by atoms with Crippen LogP contribution in [0.1, 0.15) is 15.9 Å². The highest BCUT2D eigenvalue weighted by molar-refractivity contribution is 6.08. The van der Waals surface area contributed by atoms with Crippen LogP contribution in [0.25, 0.3) is 11.1 Å². The van der Waals surface area contributed by atoms with Crippen LogP contribution in [0.15, 0.2) is 73.1 Å². The van der Waals surface area contributed by atoms with Crippen molar-refractivity contribution in [1.82, 2.24) is 4.98 Å². The summed E-state index contributed by atoms with van der Waals surface area (Å²) in [7, 11) is 0. The van der Waals surface area contributed by atoms with Gasteiger partial charge in [0.15, 0.2) is 0 Å². The fourth-order valence-electron chi connectivity index (χ4n) is 2.41. The lowest BCUT2D eigenvalue weighted by molar-refractivity contribution is -0.137. The Morgan fingerprint density at radius 3 is 2.16 bits per heavy atom. The summed E-state index contributed by atoms with van der Waals surface area (Å²) in [6.07, 6.45) is -1.29. The number of carbonyl (C=O) groups excluding carboxylic acids is 1. The van der Waals surface area contributed by atoms with Gasteiger partial charge in [0.25, 0.3) is 5.91 Å². The van der Waals surface area contributed by atoms with Crippen molar-refractivity contribution in [2.24, 2.45) is 0 Å². The number of benzene rings is 2. The lowest BCUT2D eigenvalue weighted by Gasteiger charge is -2.12. The molecule has 0 atom stereocenters. The summed E-state index contributed by atoms with van der Waals surface area (Å²) in [6.45, 7) is 0. The SMILES string of the molecule is O=C(Nc1ccncc1)c1ccccc1-c1ccc(C(F)(F)F)cc1. The molecule has 6 heteroatoms. The Bertz CT molecular complexity index is 875. The maximum Gasteiger partial charge on any atom is 0.416 e. The van der Waals surface area contributed by atoms with Crippen molar-refractivity contribution in [2.45, 2.75) is 6.18 Å². The van der Waals surface area contributed by atoms with Crippen LogP contribution in [-0.2, 0) is 6.18 Å². The molecule has 0 unspecified atom stereocenters. The van der Waals surface area contributed by atoms with Crippen LogP contribution >= 0.6 is 0 Å². The van der Waals surface area contributed by atoms with Gasteiger partial charge in [-0.05, 0) is 41.5 Å². The maximum atomic E-state index is 12.7. The van der Waals surface area contributed by atoms with Crippen LogP contribution in [-0.4, -0.2) is 10.9 Å². The number of hydrogen-bond acceptors (Lipinski definition) is 2. The zero-order valence-corrected chi connectivity index (χ0v) is 12.9. The molecule has 1 aromatic heterocycles. The largest absolute Gasteiger partial charge is 0.416 e. The van der Waals surface area contributed by atoms with Crippen LogP contribution in [0.2, 0.25) is 0 Å². The highest BCUT2D eigenvalue weighted by Gasteiger charge is 2.30. The summed E-state index contributed by atoms with van der Waals surface area (Å²) in [5.74, 6) is -0.346. The summed E-state index contributed by atoms with van der Waals surface area (Å²) in [4.78, 5) is 16.4. The quantitative estimate of drug-likeness (QED) is 0.726. The van der Waals surface area contributed by atoms with Crippen LogP contribution in [0, 0.1) is 0 Å². The third-order valence-electron chi connectivity index (χ3n) is 3.63. The Hall–Kier alpha value is -3.15. The Kier molecular flexibility index (Phi) is 4.52. The highest BCUT2D eigenvalue weighted by atomic mass is 19.4. The molecular formula is C19H13F3N2O. The average Bonchev–Trinajstić information content (AvgIpc) is 2.62. The Labute approximate surface area is 142 Å². The second-order valence-corrected chi connectivity index (χ2v) is 5.31. The van der Waals surface area contributed by atoms with E-state index in [1.807, 2.05) is 0 Å². The van der Waals surface area contributed by atoms with Crippen molar-refractivity contribution in [1.29, 1.82) is 0 Å². The van der Waals surface area contributed by atoms with Crippen molar-refractivity contribution in [3.05, 3.63) is 84.2 Å². The molecule has 0 fully saturated rings. The number of halogens is 3. The molecule has 1 amide bonds. The summed E-state index contributed by atoms with van der Waals surface area (Å²) < 4.78 is 38.1. The van der Waals surface area contributed by atoms with Crippen LogP contribution in [0.3, 0.4) is 0 Å². The number of alkyl halides is 3. The van der Waals surface area contributed by atoms with E-state index < -0.39 is 11.7 Å². The van der Waals surface area contributed by atoms with Crippen molar-refractivity contribution < 1.29 is 18.0 Å². The van der Waals surface area contributed by atoms with Crippen molar-refractivity contribution in [3.8, 4) is 11.1 Å². The Morgan fingerprint density at radius 2 is 1.52 bits per heavy atom. The molecule has 3 rings (SSSR count). The van der Waals surface area contributed by atoms with Crippen molar-refractivity contribution in [3.63, 3.8) is 0 Å². The third-order valence-corrected chi connectivity index (χ3v) is 3.63. The van der Waals surface area contributed by atoms with E-state index in [-0.39, 0.29) is 5.91 Å². The first-order valence-corrected chi connectivity index (χ1v) is 7.43. The first-order valence-electron chi connectivity index (χ1n) is 7.43. The molecule has 3 nitrogen and oxygen atoms in total. The normalized spacial score (nSPS) is 11.2. The van der Waals surface area contributed by atoms with Crippen LogP contribution < -0.4 is 5.32 Å². The molecule has 0 radical (unpaired) electrons. The molecular weight excluding hydrogens is 329 g/mol. The van der Waals surface area contributed by atoms with Gasteiger partial charge in [-0.1, -0.05) is 30.3 Å². The van der Waals surface area contributed by atoms with E-state index in [2.05, 4.69) is 10.3 Å². The van der Waals surface area contributed by atoms with Gasteiger partial charge < -0.3 is 5.32 Å². The summed E-state index contributed by atoms with van der Waals surface area (Å²) in [5, 5.41) is 2.75. The molecule has 0 aliphatic heterocycles. The van der Waals surface area contributed by atoms with E-state index in [0.29, 0.717) is 22.4 Å². The monoisotopic (exact) mass is 342 g/mol. The molecule has 2 aromatic carbocycles. The molecule has 0 spiro atoms. The van der Waals surface area contributed by atoms with Gasteiger partial charge in [0.2, 0.25) is 0 Å². The molecule has 1 heterocycles. The fraction of sp³-hybridized carbons (Fsp3) is 0.0526. The molecule has 3 aromatic rings. The first kappa shape index (κ1) is 16.7. The molecule has 25 heavy (non-hydrogen) atoms. The number of rotatable bonds is 3. The zero-order valence-electron chi connectivity index (χ0n) is 12.9. The summed E-state index contributed by atoms with van der Waals surface area (Å²) in [5.41, 5.74) is 1.33. The number of nitrogens with zero attached hydrogens (tertiary/aromatic N) is 1. The first-order chi connectivity index (χ1) is 11.9. The van der Waals surface area contributed by atoms with E-state index in [9.17, 15) is 18.0 Å². The van der Waals surface area contributed by atoms with Gasteiger partial charge in [-0.15, -0.1) is 0 Å². The Morgan fingerprint density at radius 1 is 0.880 bits per heavy atom. The second kappa shape index (κ2) is 6.76. The average molecular weight is 342 g/mol. The Balaban J connectivity index is 1.92. The van der Waals surface area contributed by atoms with Crippen LogP contribution in [0.4, 0.5) is 18.9 Å². The van der Waals surface area contributed by atoms with Gasteiger partial charge in [0, 0.05) is 23.6 Å². The van der Waals surface area contributed by atoms with E-state index >= 15 is 0 Å². The van der Waals surface area contributed by atoms with Gasteiger partial charge in [-0.3, -0.25) is 9.78 Å². The molecule has 126 valence electrons. The standard InChI is InChI=1S/C19H13F3N2O/c20-19(21,22)14-7-5-13(6-8-14)16-3-1-2-4-17(16)18(25)24-15-9-11-23-12-10-15/h1-12H,(H,23,24,25). The number of amides is 1. The lowest BCUT2D eigenvalue weighted by atomic mass is 9.98. The minimum absolute atomic E-state index is 0.346. The minimum atomic E-state index is -4.39. The van der Waals surface area contributed by atoms with E-state index in [0.717, 1.165) is 12.1 Å². The zero-order chi connectivity index (χ0) is 17.9. The molecule has 0 saturated carbocycles. The highest BCUT2D eigenvalue weighted by Crippen LogP contribution is 2.32. The second-order valence-electron chi connectivity index (χ2n) is 5.31. The van der Waals surface area contributed by atoms with Crippen molar-refractivity contribution >= 4 is 11.6 Å². The molecule has 0 aliphatic rings. The molecule has 0 aliphatic carbocycles. The third kappa shape index (κ3) is 3.85. The van der Waals surface area contributed by atoms with Gasteiger partial charge in [-0.2, -0.15) is 13.2 Å². The van der Waals surface area contributed by atoms with Crippen LogP contribution in [0.5, 0.6) is 0 Å². The van der Waals surface area contributed by atoms with Gasteiger partial charge >= 0.3 is 6.18 Å². The predicted molar refractivity (Wildman–Crippen MR) is 89.1 cm³/mol. The van der Waals surface area contributed by atoms with E-state index in [4.69, 9.17) is 0 Å². The van der Waals surface area contributed by atoms with E-state index in [1.54, 1.807) is 48.8 Å². The van der Waals surface area contributed by atoms with Gasteiger partial charge in [0.05, 0.1) is 5.56 Å². The van der Waals surface area contributed by atoms with Gasteiger partial charge in [0.1, 0.15) is 0 Å². The molecule has 1 N–H and O–H groups in total.